The molecule has 0 saturated heterocycles. The Morgan fingerprint density at radius 3 is 2.23 bits per heavy atom. The summed E-state index contributed by atoms with van der Waals surface area (Å²) in [7, 11) is 0. The van der Waals surface area contributed by atoms with Crippen LogP contribution in [0, 0.1) is 0 Å². The summed E-state index contributed by atoms with van der Waals surface area (Å²) in [5, 5.41) is 0. The van der Waals surface area contributed by atoms with E-state index >= 15 is 0 Å². The molecule has 0 aliphatic heterocycles. The second kappa shape index (κ2) is 3.21. The van der Waals surface area contributed by atoms with E-state index in [1.165, 1.54) is 22.3 Å². The van der Waals surface area contributed by atoms with Gasteiger partial charge in [0.2, 0.25) is 0 Å². The Bertz CT molecular complexity index is 371. The van der Waals surface area contributed by atoms with Crippen LogP contribution in [-0.2, 0) is 0 Å². The van der Waals surface area contributed by atoms with E-state index in [0.29, 0.717) is 0 Å². The van der Waals surface area contributed by atoms with Crippen LogP contribution < -0.4 is 0 Å². The highest BCUT2D eigenvalue weighted by Crippen LogP contribution is 2.24. The van der Waals surface area contributed by atoms with Gasteiger partial charge in [-0.05, 0) is 31.4 Å². The third kappa shape index (κ3) is 1.72. The minimum absolute atomic E-state index is 1.08. The molecule has 2 rings (SSSR count). The van der Waals surface area contributed by atoms with E-state index < -0.39 is 0 Å². The van der Waals surface area contributed by atoms with E-state index in [1.54, 1.807) is 0 Å². The topological polar surface area (TPSA) is 0 Å². The highest BCUT2D eigenvalue weighted by atomic mass is 14.1. The van der Waals surface area contributed by atoms with Crippen molar-refractivity contribution in [2.24, 2.45) is 0 Å². The molecule has 13 heavy (non-hydrogen) atoms. The lowest BCUT2D eigenvalue weighted by atomic mass is 9.99. The molecular weight excluding hydrogens is 156 g/mol. The van der Waals surface area contributed by atoms with Crippen LogP contribution in [0.2, 0.25) is 0 Å². The van der Waals surface area contributed by atoms with Crippen LogP contribution >= 0.6 is 0 Å². The largest absolute Gasteiger partial charge is 0.0772 e. The molecule has 0 aromatic heterocycles. The molecule has 0 atom stereocenters. The van der Waals surface area contributed by atoms with Gasteiger partial charge in [-0.1, -0.05) is 47.6 Å². The third-order valence-electron chi connectivity index (χ3n) is 2.47. The zero-order chi connectivity index (χ0) is 9.26. The predicted molar refractivity (Wildman–Crippen MR) is 57.4 cm³/mol. The second-order valence-corrected chi connectivity index (χ2v) is 3.69. The van der Waals surface area contributed by atoms with Crippen molar-refractivity contribution in [3.63, 3.8) is 0 Å². The number of hydrogen-bond donors (Lipinski definition) is 0. The smallest absolute Gasteiger partial charge is 0.00858 e. The Morgan fingerprint density at radius 2 is 1.69 bits per heavy atom. The average molecular weight is 170 g/mol. The van der Waals surface area contributed by atoms with Crippen molar-refractivity contribution < 1.29 is 0 Å². The molecule has 0 radical (unpaired) electrons. The summed E-state index contributed by atoms with van der Waals surface area (Å²) in [6, 6.07) is 0. The third-order valence-corrected chi connectivity index (χ3v) is 2.47. The summed E-state index contributed by atoms with van der Waals surface area (Å²) in [6.07, 6.45) is 14.4. The summed E-state index contributed by atoms with van der Waals surface area (Å²) in [5.74, 6) is 0. The summed E-state index contributed by atoms with van der Waals surface area (Å²) >= 11 is 0. The molecule has 0 heteroatoms. The quantitative estimate of drug-likeness (QED) is 0.520. The van der Waals surface area contributed by atoms with E-state index in [2.05, 4.69) is 50.3 Å². The molecule has 0 unspecified atom stereocenters. The van der Waals surface area contributed by atoms with Crippen molar-refractivity contribution in [1.29, 1.82) is 0 Å². The van der Waals surface area contributed by atoms with Gasteiger partial charge in [-0.2, -0.15) is 0 Å². The van der Waals surface area contributed by atoms with Gasteiger partial charge < -0.3 is 0 Å². The lowest BCUT2D eigenvalue weighted by molar-refractivity contribution is 1.20. The minimum Gasteiger partial charge on any atom is -0.0772 e. The van der Waals surface area contributed by atoms with Crippen LogP contribution in [0.15, 0.2) is 58.7 Å². The molecule has 0 fully saturated rings. The van der Waals surface area contributed by atoms with Gasteiger partial charge in [-0.15, -0.1) is 0 Å². The van der Waals surface area contributed by atoms with Crippen molar-refractivity contribution in [3.8, 4) is 0 Å². The van der Waals surface area contributed by atoms with Crippen LogP contribution in [0.5, 0.6) is 0 Å². The van der Waals surface area contributed by atoms with Gasteiger partial charge in [0.25, 0.3) is 0 Å². The van der Waals surface area contributed by atoms with Gasteiger partial charge in [-0.25, -0.2) is 0 Å². The Kier molecular flexibility index (Phi) is 2.05. The normalized spacial score (nSPS) is 26.3. The fourth-order valence-electron chi connectivity index (χ4n) is 1.62. The summed E-state index contributed by atoms with van der Waals surface area (Å²) < 4.78 is 0. The summed E-state index contributed by atoms with van der Waals surface area (Å²) in [6.45, 7) is 4.28. The van der Waals surface area contributed by atoms with Gasteiger partial charge in [0.15, 0.2) is 0 Å². The van der Waals surface area contributed by atoms with Gasteiger partial charge in [0, 0.05) is 0 Å². The molecule has 2 aliphatic carbocycles. The van der Waals surface area contributed by atoms with Crippen molar-refractivity contribution in [2.45, 2.75) is 20.3 Å². The first-order chi connectivity index (χ1) is 6.25. The molecule has 2 aliphatic rings. The maximum Gasteiger partial charge on any atom is -0.00858 e. The SMILES string of the molecule is CC1=CC/C(=C2/C=CC(C)=C2)C=C1. The second-order valence-electron chi connectivity index (χ2n) is 3.69. The van der Waals surface area contributed by atoms with E-state index in [0.717, 1.165) is 6.42 Å². The van der Waals surface area contributed by atoms with Gasteiger partial charge in [-0.3, -0.25) is 0 Å². The number of rotatable bonds is 0. The zero-order valence-corrected chi connectivity index (χ0v) is 8.17. The van der Waals surface area contributed by atoms with Crippen LogP contribution in [0.1, 0.15) is 20.3 Å². The fraction of sp³-hybridized carbons (Fsp3) is 0.231. The number of allylic oxidation sites excluding steroid dienone is 10. The standard InChI is InChI=1S/C13H14/c1-10-3-6-12(7-4-10)13-8-5-11(2)9-13/h3-6,8-9H,7H2,1-2H3/b13-12-. The maximum atomic E-state index is 2.28. The van der Waals surface area contributed by atoms with Crippen LogP contribution in [0.3, 0.4) is 0 Å². The monoisotopic (exact) mass is 170 g/mol. The molecule has 0 heterocycles. The van der Waals surface area contributed by atoms with E-state index in [-0.39, 0.29) is 0 Å². The Labute approximate surface area is 79.7 Å². The molecule has 0 spiro atoms. The first kappa shape index (κ1) is 8.31. The lowest BCUT2D eigenvalue weighted by Crippen LogP contribution is -1.87. The van der Waals surface area contributed by atoms with Gasteiger partial charge >= 0.3 is 0 Å². The van der Waals surface area contributed by atoms with E-state index in [9.17, 15) is 0 Å². The average Bonchev–Trinajstić information content (AvgIpc) is 2.53. The van der Waals surface area contributed by atoms with E-state index in [4.69, 9.17) is 0 Å². The lowest BCUT2D eigenvalue weighted by Gasteiger charge is -2.07. The summed E-state index contributed by atoms with van der Waals surface area (Å²) in [5.41, 5.74) is 5.52. The highest BCUT2D eigenvalue weighted by Gasteiger charge is 2.05. The molecule has 66 valence electrons. The maximum absolute atomic E-state index is 2.28. The first-order valence-electron chi connectivity index (χ1n) is 4.70. The van der Waals surface area contributed by atoms with Crippen LogP contribution in [0.4, 0.5) is 0 Å². The Balaban J connectivity index is 2.30. The highest BCUT2D eigenvalue weighted by molar-refractivity contribution is 5.52. The Hall–Kier alpha value is -1.30. The van der Waals surface area contributed by atoms with Gasteiger partial charge in [0.1, 0.15) is 0 Å². The zero-order valence-electron chi connectivity index (χ0n) is 8.17. The minimum atomic E-state index is 1.08. The fourth-order valence-corrected chi connectivity index (χ4v) is 1.62. The Morgan fingerprint density at radius 1 is 0.923 bits per heavy atom. The van der Waals surface area contributed by atoms with Crippen molar-refractivity contribution in [2.75, 3.05) is 0 Å². The summed E-state index contributed by atoms with van der Waals surface area (Å²) in [4.78, 5) is 0. The van der Waals surface area contributed by atoms with Crippen LogP contribution in [-0.4, -0.2) is 0 Å². The molecular formula is C13H14. The molecule has 0 aromatic rings. The van der Waals surface area contributed by atoms with Gasteiger partial charge in [0.05, 0.1) is 0 Å². The number of hydrogen-bond acceptors (Lipinski definition) is 0. The van der Waals surface area contributed by atoms with E-state index in [1.807, 2.05) is 0 Å². The van der Waals surface area contributed by atoms with Crippen molar-refractivity contribution in [3.05, 3.63) is 58.7 Å². The predicted octanol–water partition coefficient (Wildman–Crippen LogP) is 3.71. The molecule has 0 saturated carbocycles. The molecule has 0 bridgehead atoms. The molecule has 0 amide bonds. The molecule has 0 nitrogen and oxygen atoms in total. The van der Waals surface area contributed by atoms with Crippen LogP contribution in [0.25, 0.3) is 0 Å². The first-order valence-corrected chi connectivity index (χ1v) is 4.70. The molecule has 0 N–H and O–H groups in total. The van der Waals surface area contributed by atoms with Crippen molar-refractivity contribution >= 4 is 0 Å². The van der Waals surface area contributed by atoms with Crippen molar-refractivity contribution in [1.82, 2.24) is 0 Å². The molecule has 0 aromatic carbocycles.